The van der Waals surface area contributed by atoms with Crippen LogP contribution in [0.3, 0.4) is 0 Å². The largest absolute Gasteiger partial charge is 0.456 e. The first kappa shape index (κ1) is 27.3. The Bertz CT molecular complexity index is 3160. The molecule has 0 fully saturated rings. The topological polar surface area (TPSA) is 44.1 Å². The molecular weight excluding hydrogens is 613 g/mol. The second-order valence-electron chi connectivity index (χ2n) is 13.2. The third-order valence-electron chi connectivity index (χ3n) is 10.4. The lowest BCUT2D eigenvalue weighted by Gasteiger charge is -2.17. The van der Waals surface area contributed by atoms with Crippen molar-refractivity contribution in [1.82, 2.24) is 9.55 Å². The van der Waals surface area contributed by atoms with E-state index in [0.717, 1.165) is 88.7 Å². The number of nitrogens with zero attached hydrogens (tertiary/aromatic N) is 2. The predicted molar refractivity (Wildman–Crippen MR) is 206 cm³/mol. The highest BCUT2D eigenvalue weighted by Gasteiger charge is 2.21. The fraction of sp³-hybridized carbons (Fsp3) is 0.0217. The molecule has 0 radical (unpaired) electrons. The number of pyridine rings is 1. The van der Waals surface area contributed by atoms with E-state index in [4.69, 9.17) is 13.8 Å². The fourth-order valence-electron chi connectivity index (χ4n) is 7.96. The Hall–Kier alpha value is -6.65. The zero-order valence-electron chi connectivity index (χ0n) is 27.1. The van der Waals surface area contributed by atoms with Gasteiger partial charge >= 0.3 is 0 Å². The van der Waals surface area contributed by atoms with Crippen molar-refractivity contribution in [2.45, 2.75) is 6.92 Å². The van der Waals surface area contributed by atoms with Crippen LogP contribution in [0.2, 0.25) is 0 Å². The van der Waals surface area contributed by atoms with Gasteiger partial charge in [0.1, 0.15) is 28.1 Å². The SMILES string of the molecule is Cc1c(-c2ccc3c(c2)oc2ccc4c5ccccc5oc4c23)cc(-c2ccccc2)nc1-n1c2ccccc2c2cc3ccccc3cc21. The molecule has 11 rings (SSSR count). The minimum Gasteiger partial charge on any atom is -0.456 e. The molecule has 0 unspecified atom stereocenters. The Labute approximate surface area is 286 Å². The Balaban J connectivity index is 1.19. The van der Waals surface area contributed by atoms with Crippen molar-refractivity contribution in [3.05, 3.63) is 157 Å². The number of aromatic nitrogens is 2. The van der Waals surface area contributed by atoms with Gasteiger partial charge in [-0.3, -0.25) is 4.57 Å². The average Bonchev–Trinajstić information content (AvgIpc) is 3.83. The molecule has 4 heterocycles. The summed E-state index contributed by atoms with van der Waals surface area (Å²) in [5, 5.41) is 9.12. The molecule has 0 N–H and O–H groups in total. The molecule has 50 heavy (non-hydrogen) atoms. The number of hydrogen-bond donors (Lipinski definition) is 0. The summed E-state index contributed by atoms with van der Waals surface area (Å²) in [5.41, 5.74) is 10.9. The van der Waals surface area contributed by atoms with Crippen molar-refractivity contribution in [1.29, 1.82) is 0 Å². The van der Waals surface area contributed by atoms with Gasteiger partial charge in [0.15, 0.2) is 0 Å². The molecule has 0 aliphatic heterocycles. The molecule has 7 aromatic carbocycles. The minimum atomic E-state index is 0.818. The van der Waals surface area contributed by atoms with Crippen molar-refractivity contribution in [3.8, 4) is 28.2 Å². The molecule has 0 spiro atoms. The number of rotatable bonds is 3. The Morgan fingerprint density at radius 1 is 0.480 bits per heavy atom. The number of para-hydroxylation sites is 2. The molecule has 0 aliphatic carbocycles. The third-order valence-corrected chi connectivity index (χ3v) is 10.4. The highest BCUT2D eigenvalue weighted by atomic mass is 16.3. The van der Waals surface area contributed by atoms with Crippen LogP contribution >= 0.6 is 0 Å². The molecule has 0 bridgehead atoms. The van der Waals surface area contributed by atoms with Crippen LogP contribution in [0.4, 0.5) is 0 Å². The summed E-state index contributed by atoms with van der Waals surface area (Å²) >= 11 is 0. The predicted octanol–water partition coefficient (Wildman–Crippen LogP) is 12.8. The monoisotopic (exact) mass is 640 g/mol. The van der Waals surface area contributed by atoms with Crippen LogP contribution in [-0.2, 0) is 0 Å². The van der Waals surface area contributed by atoms with E-state index in [1.807, 2.05) is 18.2 Å². The van der Waals surface area contributed by atoms with Crippen molar-refractivity contribution < 1.29 is 8.83 Å². The maximum absolute atomic E-state index is 6.55. The Morgan fingerprint density at radius 3 is 2.10 bits per heavy atom. The van der Waals surface area contributed by atoms with Gasteiger partial charge in [-0.1, -0.05) is 97.1 Å². The smallest absolute Gasteiger partial charge is 0.147 e. The lowest BCUT2D eigenvalue weighted by Crippen LogP contribution is -2.04. The highest BCUT2D eigenvalue weighted by molar-refractivity contribution is 6.22. The summed E-state index contributed by atoms with van der Waals surface area (Å²) in [4.78, 5) is 5.43. The fourth-order valence-corrected chi connectivity index (χ4v) is 7.96. The van der Waals surface area contributed by atoms with Gasteiger partial charge in [0.25, 0.3) is 0 Å². The third kappa shape index (κ3) is 3.84. The number of furan rings is 2. The van der Waals surface area contributed by atoms with Gasteiger partial charge in [-0.15, -0.1) is 0 Å². The molecule has 4 aromatic heterocycles. The summed E-state index contributed by atoms with van der Waals surface area (Å²) in [6.07, 6.45) is 0. The van der Waals surface area contributed by atoms with Crippen molar-refractivity contribution >= 4 is 76.5 Å². The number of benzene rings is 7. The first-order valence-electron chi connectivity index (χ1n) is 17.0. The molecule has 234 valence electrons. The zero-order chi connectivity index (χ0) is 32.9. The van der Waals surface area contributed by atoms with E-state index in [1.54, 1.807) is 0 Å². The average molecular weight is 641 g/mol. The van der Waals surface area contributed by atoms with Crippen LogP contribution in [-0.4, -0.2) is 9.55 Å². The first-order valence-corrected chi connectivity index (χ1v) is 17.0. The normalized spacial score (nSPS) is 12.1. The van der Waals surface area contributed by atoms with Gasteiger partial charge in [0.2, 0.25) is 0 Å². The number of hydrogen-bond acceptors (Lipinski definition) is 3. The Morgan fingerprint density at radius 2 is 1.22 bits per heavy atom. The molecule has 0 saturated heterocycles. The molecule has 4 nitrogen and oxygen atoms in total. The summed E-state index contributed by atoms with van der Waals surface area (Å²) in [7, 11) is 0. The van der Waals surface area contributed by atoms with Gasteiger partial charge in [-0.05, 0) is 83.4 Å². The van der Waals surface area contributed by atoms with E-state index in [0.29, 0.717) is 0 Å². The maximum atomic E-state index is 6.55. The molecule has 0 saturated carbocycles. The summed E-state index contributed by atoms with van der Waals surface area (Å²) < 4.78 is 15.3. The van der Waals surface area contributed by atoms with Crippen LogP contribution in [0.1, 0.15) is 5.56 Å². The van der Waals surface area contributed by atoms with Gasteiger partial charge < -0.3 is 8.83 Å². The summed E-state index contributed by atoms with van der Waals surface area (Å²) in [5.74, 6) is 0.913. The summed E-state index contributed by atoms with van der Waals surface area (Å²) in [6.45, 7) is 2.19. The molecule has 0 amide bonds. The highest BCUT2D eigenvalue weighted by Crippen LogP contribution is 2.42. The second kappa shape index (κ2) is 10.2. The van der Waals surface area contributed by atoms with Gasteiger partial charge in [-0.2, -0.15) is 0 Å². The van der Waals surface area contributed by atoms with E-state index in [9.17, 15) is 0 Å². The summed E-state index contributed by atoms with van der Waals surface area (Å²) in [6, 6.07) is 53.5. The lowest BCUT2D eigenvalue weighted by atomic mass is 9.97. The lowest BCUT2D eigenvalue weighted by molar-refractivity contribution is 0.663. The number of fused-ring (bicyclic) bond motifs is 11. The van der Waals surface area contributed by atoms with E-state index in [1.165, 1.54) is 21.5 Å². The minimum absolute atomic E-state index is 0.818. The van der Waals surface area contributed by atoms with Crippen LogP contribution in [0.25, 0.3) is 105 Å². The van der Waals surface area contributed by atoms with Crippen LogP contribution in [0.15, 0.2) is 160 Å². The molecule has 4 heteroatoms. The molecule has 11 aromatic rings. The maximum Gasteiger partial charge on any atom is 0.147 e. The van der Waals surface area contributed by atoms with Crippen molar-refractivity contribution in [3.63, 3.8) is 0 Å². The molecule has 0 atom stereocenters. The van der Waals surface area contributed by atoms with E-state index < -0.39 is 0 Å². The molecular formula is C46H28N2O2. The Kier molecular flexibility index (Phi) is 5.56. The van der Waals surface area contributed by atoms with Crippen molar-refractivity contribution in [2.75, 3.05) is 0 Å². The first-order chi connectivity index (χ1) is 24.7. The van der Waals surface area contributed by atoms with Gasteiger partial charge in [0.05, 0.1) is 22.1 Å². The van der Waals surface area contributed by atoms with E-state index >= 15 is 0 Å². The van der Waals surface area contributed by atoms with Crippen LogP contribution in [0.5, 0.6) is 0 Å². The zero-order valence-corrected chi connectivity index (χ0v) is 27.1. The van der Waals surface area contributed by atoms with Crippen LogP contribution in [0, 0.1) is 6.92 Å². The van der Waals surface area contributed by atoms with E-state index in [2.05, 4.69) is 145 Å². The van der Waals surface area contributed by atoms with Gasteiger partial charge in [0, 0.05) is 38.1 Å². The standard InChI is InChI=1S/C46H28N2O2/c1-27-36(31-19-20-35-43(25-31)49-42-22-21-34-33-16-8-10-18-41(33)50-45(34)44(35)42)26-38(28-11-3-2-4-12-28)47-46(27)48-39-17-9-7-15-32(39)37-23-29-13-5-6-14-30(29)24-40(37)48/h2-26H,1H3. The molecule has 0 aliphatic rings. The quantitative estimate of drug-likeness (QED) is 0.193. The van der Waals surface area contributed by atoms with Crippen molar-refractivity contribution in [2.24, 2.45) is 0 Å². The van der Waals surface area contributed by atoms with E-state index in [-0.39, 0.29) is 0 Å². The second-order valence-corrected chi connectivity index (χ2v) is 13.2. The van der Waals surface area contributed by atoms with Gasteiger partial charge in [-0.25, -0.2) is 4.98 Å². The van der Waals surface area contributed by atoms with Crippen LogP contribution < -0.4 is 0 Å².